The summed E-state index contributed by atoms with van der Waals surface area (Å²) in [5.41, 5.74) is 0.458. The van der Waals surface area contributed by atoms with Crippen molar-refractivity contribution < 1.29 is 4.79 Å². The Balaban J connectivity index is 1.68. The maximum Gasteiger partial charge on any atom is 0.143 e. The van der Waals surface area contributed by atoms with E-state index in [9.17, 15) is 4.79 Å². The molecule has 4 aliphatic rings. The van der Waals surface area contributed by atoms with Gasteiger partial charge in [-0.05, 0) is 74.0 Å². The highest BCUT2D eigenvalue weighted by atomic mass is 16.1. The average Bonchev–Trinajstić information content (AvgIpc) is 2.84. The Bertz CT molecular complexity index is 466. The zero-order valence-corrected chi connectivity index (χ0v) is 13.6. The van der Waals surface area contributed by atoms with Crippen molar-refractivity contribution in [2.24, 2.45) is 34.5 Å². The standard InChI is InChI=1S/C20H30O/c1-3-20-13-11-16-15(17(20)9-10-18(20)21)8-7-14-6-4-5-12-19(14,16)2/h3,14-17H,1,4-13H2,2H3/t14?,15-,16+,17+,19+,20+/m1/s1. The minimum Gasteiger partial charge on any atom is -0.299 e. The lowest BCUT2D eigenvalue weighted by Crippen LogP contribution is -2.53. The monoisotopic (exact) mass is 286 g/mol. The Kier molecular flexibility index (Phi) is 3.14. The fourth-order valence-corrected chi connectivity index (χ4v) is 7.17. The summed E-state index contributed by atoms with van der Waals surface area (Å²) < 4.78 is 0. The molecule has 0 spiro atoms. The first kappa shape index (κ1) is 14.0. The van der Waals surface area contributed by atoms with E-state index in [1.807, 2.05) is 0 Å². The van der Waals surface area contributed by atoms with Crippen molar-refractivity contribution in [3.8, 4) is 0 Å². The Hall–Kier alpha value is -0.590. The van der Waals surface area contributed by atoms with E-state index in [0.717, 1.165) is 37.0 Å². The molecular weight excluding hydrogens is 256 g/mol. The maximum atomic E-state index is 12.5. The molecule has 4 fully saturated rings. The topological polar surface area (TPSA) is 17.1 Å². The highest BCUT2D eigenvalue weighted by Gasteiger charge is 2.60. The smallest absolute Gasteiger partial charge is 0.143 e. The van der Waals surface area contributed by atoms with Gasteiger partial charge >= 0.3 is 0 Å². The van der Waals surface area contributed by atoms with E-state index >= 15 is 0 Å². The Morgan fingerprint density at radius 1 is 1.05 bits per heavy atom. The summed E-state index contributed by atoms with van der Waals surface area (Å²) in [6, 6.07) is 0. The van der Waals surface area contributed by atoms with Crippen LogP contribution in [0.3, 0.4) is 0 Å². The Morgan fingerprint density at radius 2 is 1.90 bits per heavy atom. The van der Waals surface area contributed by atoms with Gasteiger partial charge in [-0.3, -0.25) is 4.79 Å². The summed E-state index contributed by atoms with van der Waals surface area (Å²) >= 11 is 0. The molecule has 0 heterocycles. The molecule has 1 unspecified atom stereocenters. The number of Topliss-reactive ketones (excluding diaryl/α,β-unsaturated/α-hetero) is 1. The lowest BCUT2D eigenvalue weighted by atomic mass is 9.45. The molecule has 0 aromatic carbocycles. The molecular formula is C20H30O. The van der Waals surface area contributed by atoms with Crippen LogP contribution in [0.15, 0.2) is 12.7 Å². The second-order valence-electron chi connectivity index (χ2n) is 8.65. The van der Waals surface area contributed by atoms with Crippen LogP contribution >= 0.6 is 0 Å². The first-order chi connectivity index (χ1) is 10.1. The van der Waals surface area contributed by atoms with E-state index < -0.39 is 0 Å². The zero-order valence-electron chi connectivity index (χ0n) is 13.6. The highest BCUT2D eigenvalue weighted by molar-refractivity contribution is 5.89. The SMILES string of the molecule is C=C[C@]12CC[C@H]3[C@@H](CCC4CCCC[C@@]43C)[C@@H]1CCC2=O. The van der Waals surface area contributed by atoms with Gasteiger partial charge in [0.2, 0.25) is 0 Å². The molecule has 0 bridgehead atoms. The van der Waals surface area contributed by atoms with E-state index in [-0.39, 0.29) is 5.41 Å². The van der Waals surface area contributed by atoms with Crippen molar-refractivity contribution in [3.63, 3.8) is 0 Å². The number of allylic oxidation sites excluding steroid dienone is 1. The molecule has 4 rings (SSSR count). The summed E-state index contributed by atoms with van der Waals surface area (Å²) in [5.74, 6) is 3.81. The molecule has 116 valence electrons. The lowest BCUT2D eigenvalue weighted by molar-refractivity contribution is -0.134. The van der Waals surface area contributed by atoms with Crippen LogP contribution < -0.4 is 0 Å². The van der Waals surface area contributed by atoms with Crippen molar-refractivity contribution >= 4 is 5.78 Å². The average molecular weight is 286 g/mol. The number of rotatable bonds is 1. The number of hydrogen-bond acceptors (Lipinski definition) is 1. The molecule has 0 aromatic heterocycles. The van der Waals surface area contributed by atoms with Crippen molar-refractivity contribution in [2.75, 3.05) is 0 Å². The molecule has 4 aliphatic carbocycles. The summed E-state index contributed by atoms with van der Waals surface area (Å²) in [6.45, 7) is 6.69. The molecule has 6 atom stereocenters. The van der Waals surface area contributed by atoms with Crippen molar-refractivity contribution in [3.05, 3.63) is 12.7 Å². The molecule has 0 aromatic rings. The van der Waals surface area contributed by atoms with Crippen LogP contribution in [-0.4, -0.2) is 5.78 Å². The zero-order chi connectivity index (χ0) is 14.7. The van der Waals surface area contributed by atoms with Crippen molar-refractivity contribution in [1.82, 2.24) is 0 Å². The molecule has 4 saturated carbocycles. The van der Waals surface area contributed by atoms with Crippen LogP contribution in [0.25, 0.3) is 0 Å². The van der Waals surface area contributed by atoms with Crippen molar-refractivity contribution in [1.29, 1.82) is 0 Å². The van der Waals surface area contributed by atoms with E-state index in [1.165, 1.54) is 44.9 Å². The van der Waals surface area contributed by atoms with Crippen LogP contribution in [0.4, 0.5) is 0 Å². The van der Waals surface area contributed by atoms with E-state index in [4.69, 9.17) is 0 Å². The van der Waals surface area contributed by atoms with Crippen LogP contribution in [0.2, 0.25) is 0 Å². The van der Waals surface area contributed by atoms with Gasteiger partial charge in [0.05, 0.1) is 0 Å². The predicted molar refractivity (Wildman–Crippen MR) is 85.9 cm³/mol. The van der Waals surface area contributed by atoms with Gasteiger partial charge in [-0.2, -0.15) is 0 Å². The van der Waals surface area contributed by atoms with Gasteiger partial charge in [-0.15, -0.1) is 6.58 Å². The number of ketones is 1. The van der Waals surface area contributed by atoms with Gasteiger partial charge in [0.15, 0.2) is 0 Å². The molecule has 1 nitrogen and oxygen atoms in total. The molecule has 21 heavy (non-hydrogen) atoms. The number of carbonyl (C=O) groups excluding carboxylic acids is 1. The normalized spacial score (nSPS) is 52.7. The molecule has 0 aliphatic heterocycles. The largest absolute Gasteiger partial charge is 0.299 e. The van der Waals surface area contributed by atoms with Crippen molar-refractivity contribution in [2.45, 2.75) is 71.1 Å². The number of carbonyl (C=O) groups is 1. The van der Waals surface area contributed by atoms with Gasteiger partial charge in [0, 0.05) is 11.8 Å². The minimum atomic E-state index is -0.126. The lowest BCUT2D eigenvalue weighted by Gasteiger charge is -2.59. The molecule has 1 heteroatoms. The minimum absolute atomic E-state index is 0.126. The second-order valence-corrected chi connectivity index (χ2v) is 8.65. The van der Waals surface area contributed by atoms with Gasteiger partial charge in [-0.25, -0.2) is 0 Å². The van der Waals surface area contributed by atoms with E-state index in [1.54, 1.807) is 0 Å². The van der Waals surface area contributed by atoms with E-state index in [2.05, 4.69) is 19.6 Å². The third-order valence-electron chi connectivity index (χ3n) is 8.28. The van der Waals surface area contributed by atoms with Crippen LogP contribution in [0.1, 0.15) is 71.1 Å². The predicted octanol–water partition coefficient (Wildman–Crippen LogP) is 5.15. The summed E-state index contributed by atoms with van der Waals surface area (Å²) in [4.78, 5) is 12.5. The molecule has 0 radical (unpaired) electrons. The van der Waals surface area contributed by atoms with Gasteiger partial charge < -0.3 is 0 Å². The first-order valence-electron chi connectivity index (χ1n) is 9.29. The first-order valence-corrected chi connectivity index (χ1v) is 9.29. The summed E-state index contributed by atoms with van der Waals surface area (Å²) in [5, 5.41) is 0. The second kappa shape index (κ2) is 4.70. The third-order valence-corrected chi connectivity index (χ3v) is 8.28. The number of hydrogen-bond donors (Lipinski definition) is 0. The van der Waals surface area contributed by atoms with Gasteiger partial charge in [0.1, 0.15) is 5.78 Å². The Labute approximate surface area is 129 Å². The van der Waals surface area contributed by atoms with Gasteiger partial charge in [0.25, 0.3) is 0 Å². The molecule has 0 saturated heterocycles. The maximum absolute atomic E-state index is 12.5. The Morgan fingerprint density at radius 3 is 2.71 bits per heavy atom. The number of fused-ring (bicyclic) bond motifs is 5. The quantitative estimate of drug-likeness (QED) is 0.609. The summed E-state index contributed by atoms with van der Waals surface area (Å²) in [7, 11) is 0. The molecule has 0 amide bonds. The fraction of sp³-hybridized carbons (Fsp3) is 0.850. The van der Waals surface area contributed by atoms with Crippen LogP contribution in [-0.2, 0) is 4.79 Å². The van der Waals surface area contributed by atoms with Crippen LogP contribution in [0.5, 0.6) is 0 Å². The third kappa shape index (κ3) is 1.72. The summed E-state index contributed by atoms with van der Waals surface area (Å²) in [6.07, 6.45) is 15.0. The van der Waals surface area contributed by atoms with Gasteiger partial charge in [-0.1, -0.05) is 25.8 Å². The highest BCUT2D eigenvalue weighted by Crippen LogP contribution is 2.65. The fourth-order valence-electron chi connectivity index (χ4n) is 7.17. The van der Waals surface area contributed by atoms with Crippen LogP contribution in [0, 0.1) is 34.5 Å². The molecule has 0 N–H and O–H groups in total. The van der Waals surface area contributed by atoms with E-state index in [0.29, 0.717) is 17.1 Å².